The Morgan fingerprint density at radius 2 is 2.05 bits per heavy atom. The molecule has 98 valence electrons. The highest BCUT2D eigenvalue weighted by Crippen LogP contribution is 2.46. The number of carbonyl (C=O) groups excluding carboxylic acids is 1. The van der Waals surface area contributed by atoms with Gasteiger partial charge in [0, 0.05) is 11.6 Å². The third kappa shape index (κ3) is 2.12. The molecule has 1 amide bonds. The Kier molecular flexibility index (Phi) is 2.62. The number of carbonyl (C=O) groups is 1. The van der Waals surface area contributed by atoms with Crippen LogP contribution >= 0.6 is 0 Å². The standard InChI is InChI=1S/C14H11F2NO2/c15-9-3-4-10(11(16)8-9)14(5-6-14)17-13(18)12-2-1-7-19-12/h1-4,7-8H,5-6H2,(H,17,18). The molecular formula is C14H11F2NO2. The molecule has 2 aromatic rings. The molecule has 1 aliphatic rings. The average molecular weight is 263 g/mol. The lowest BCUT2D eigenvalue weighted by molar-refractivity contribution is 0.0902. The number of halogens is 2. The van der Waals surface area contributed by atoms with Gasteiger partial charge >= 0.3 is 0 Å². The lowest BCUT2D eigenvalue weighted by Crippen LogP contribution is -2.35. The lowest BCUT2D eigenvalue weighted by atomic mass is 10.0. The van der Waals surface area contributed by atoms with Crippen molar-refractivity contribution in [2.24, 2.45) is 0 Å². The van der Waals surface area contributed by atoms with Crippen LogP contribution in [0.3, 0.4) is 0 Å². The summed E-state index contributed by atoms with van der Waals surface area (Å²) in [5.74, 6) is -1.49. The first kappa shape index (κ1) is 11.9. The molecule has 1 aliphatic carbocycles. The zero-order valence-corrected chi connectivity index (χ0v) is 9.95. The maximum Gasteiger partial charge on any atom is 0.287 e. The summed E-state index contributed by atoms with van der Waals surface area (Å²) in [6.45, 7) is 0. The zero-order chi connectivity index (χ0) is 13.5. The van der Waals surface area contributed by atoms with E-state index in [0.29, 0.717) is 18.4 Å². The van der Waals surface area contributed by atoms with Gasteiger partial charge in [-0.05, 0) is 31.0 Å². The third-order valence-corrected chi connectivity index (χ3v) is 3.29. The largest absolute Gasteiger partial charge is 0.459 e. The van der Waals surface area contributed by atoms with Crippen molar-refractivity contribution in [1.29, 1.82) is 0 Å². The van der Waals surface area contributed by atoms with E-state index in [1.54, 1.807) is 6.07 Å². The van der Waals surface area contributed by atoms with Crippen molar-refractivity contribution in [1.82, 2.24) is 5.32 Å². The highest BCUT2D eigenvalue weighted by Gasteiger charge is 2.47. The van der Waals surface area contributed by atoms with E-state index in [1.807, 2.05) is 0 Å². The van der Waals surface area contributed by atoms with E-state index in [1.165, 1.54) is 24.5 Å². The maximum atomic E-state index is 13.8. The Balaban J connectivity index is 1.86. The molecule has 1 heterocycles. The van der Waals surface area contributed by atoms with E-state index in [2.05, 4.69) is 5.32 Å². The molecule has 1 saturated carbocycles. The molecule has 0 unspecified atom stereocenters. The topological polar surface area (TPSA) is 42.2 Å². The number of hydrogen-bond acceptors (Lipinski definition) is 2. The molecule has 1 aromatic heterocycles. The fourth-order valence-corrected chi connectivity index (χ4v) is 2.15. The SMILES string of the molecule is O=C(NC1(c2ccc(F)cc2F)CC1)c1ccco1. The lowest BCUT2D eigenvalue weighted by Gasteiger charge is -2.17. The zero-order valence-electron chi connectivity index (χ0n) is 9.95. The Morgan fingerprint density at radius 1 is 1.26 bits per heavy atom. The summed E-state index contributed by atoms with van der Waals surface area (Å²) in [5, 5.41) is 2.75. The van der Waals surface area contributed by atoms with Crippen LogP contribution in [-0.2, 0) is 5.54 Å². The van der Waals surface area contributed by atoms with E-state index in [4.69, 9.17) is 4.42 Å². The van der Waals surface area contributed by atoms with Crippen LogP contribution < -0.4 is 5.32 Å². The summed E-state index contributed by atoms with van der Waals surface area (Å²) in [4.78, 5) is 11.9. The molecule has 0 aliphatic heterocycles. The summed E-state index contributed by atoms with van der Waals surface area (Å²) in [5.41, 5.74) is -0.421. The van der Waals surface area contributed by atoms with Crippen LogP contribution in [-0.4, -0.2) is 5.91 Å². The van der Waals surface area contributed by atoms with Crippen LogP contribution in [0.4, 0.5) is 8.78 Å². The summed E-state index contributed by atoms with van der Waals surface area (Å²) in [6, 6.07) is 6.53. The predicted octanol–water partition coefficient (Wildman–Crippen LogP) is 2.98. The molecule has 0 spiro atoms. The van der Waals surface area contributed by atoms with E-state index >= 15 is 0 Å². The van der Waals surface area contributed by atoms with Crippen molar-refractivity contribution in [3.05, 3.63) is 59.6 Å². The van der Waals surface area contributed by atoms with Crippen LogP contribution in [0.1, 0.15) is 29.0 Å². The highest BCUT2D eigenvalue weighted by molar-refractivity contribution is 5.92. The molecule has 5 heteroatoms. The van der Waals surface area contributed by atoms with Gasteiger partial charge in [0.15, 0.2) is 5.76 Å². The van der Waals surface area contributed by atoms with Crippen LogP contribution in [0.15, 0.2) is 41.0 Å². The van der Waals surface area contributed by atoms with Crippen LogP contribution in [0, 0.1) is 11.6 Å². The number of amides is 1. The van der Waals surface area contributed by atoms with Crippen molar-refractivity contribution >= 4 is 5.91 Å². The molecule has 1 aromatic carbocycles. The summed E-state index contributed by atoms with van der Waals surface area (Å²) < 4.78 is 31.7. The molecular weight excluding hydrogens is 252 g/mol. The van der Waals surface area contributed by atoms with Crippen molar-refractivity contribution in [3.8, 4) is 0 Å². The average Bonchev–Trinajstić information content (AvgIpc) is 2.93. The van der Waals surface area contributed by atoms with Gasteiger partial charge in [-0.2, -0.15) is 0 Å². The monoisotopic (exact) mass is 263 g/mol. The molecule has 19 heavy (non-hydrogen) atoms. The normalized spacial score (nSPS) is 16.1. The number of hydrogen-bond donors (Lipinski definition) is 1. The Hall–Kier alpha value is -2.17. The molecule has 3 rings (SSSR count). The van der Waals surface area contributed by atoms with Crippen molar-refractivity contribution in [2.45, 2.75) is 18.4 Å². The van der Waals surface area contributed by atoms with Gasteiger partial charge in [0.2, 0.25) is 0 Å². The summed E-state index contributed by atoms with van der Waals surface area (Å²) >= 11 is 0. The molecule has 1 N–H and O–H groups in total. The Bertz CT molecular complexity index is 618. The molecule has 0 bridgehead atoms. The Morgan fingerprint density at radius 3 is 2.63 bits per heavy atom. The van der Waals surface area contributed by atoms with Crippen molar-refractivity contribution in [3.63, 3.8) is 0 Å². The number of benzene rings is 1. The fraction of sp³-hybridized carbons (Fsp3) is 0.214. The van der Waals surface area contributed by atoms with Crippen LogP contribution in [0.2, 0.25) is 0 Å². The highest BCUT2D eigenvalue weighted by atomic mass is 19.1. The molecule has 1 fully saturated rings. The second-order valence-electron chi connectivity index (χ2n) is 4.64. The van der Waals surface area contributed by atoms with E-state index < -0.39 is 23.1 Å². The van der Waals surface area contributed by atoms with Crippen LogP contribution in [0.5, 0.6) is 0 Å². The molecule has 0 saturated heterocycles. The molecule has 0 atom stereocenters. The first-order valence-electron chi connectivity index (χ1n) is 5.92. The van der Waals surface area contributed by atoms with E-state index in [9.17, 15) is 13.6 Å². The Labute approximate surface area is 108 Å². The number of rotatable bonds is 3. The van der Waals surface area contributed by atoms with Gasteiger partial charge in [0.1, 0.15) is 11.6 Å². The van der Waals surface area contributed by atoms with Crippen molar-refractivity contribution in [2.75, 3.05) is 0 Å². The minimum Gasteiger partial charge on any atom is -0.459 e. The minimum absolute atomic E-state index is 0.175. The second kappa shape index (κ2) is 4.19. The van der Waals surface area contributed by atoms with Gasteiger partial charge in [0.25, 0.3) is 5.91 Å². The van der Waals surface area contributed by atoms with Crippen molar-refractivity contribution < 1.29 is 18.0 Å². The van der Waals surface area contributed by atoms with E-state index in [-0.39, 0.29) is 5.76 Å². The molecule has 3 nitrogen and oxygen atoms in total. The smallest absolute Gasteiger partial charge is 0.287 e. The van der Waals surface area contributed by atoms with Gasteiger partial charge in [-0.3, -0.25) is 4.79 Å². The quantitative estimate of drug-likeness (QED) is 0.925. The van der Waals surface area contributed by atoms with Crippen LogP contribution in [0.25, 0.3) is 0 Å². The number of nitrogens with one attached hydrogen (secondary N) is 1. The van der Waals surface area contributed by atoms with Gasteiger partial charge in [0.05, 0.1) is 11.8 Å². The second-order valence-corrected chi connectivity index (χ2v) is 4.64. The first-order valence-corrected chi connectivity index (χ1v) is 5.92. The van der Waals surface area contributed by atoms with Gasteiger partial charge < -0.3 is 9.73 Å². The predicted molar refractivity (Wildman–Crippen MR) is 63.4 cm³/mol. The van der Waals surface area contributed by atoms with Gasteiger partial charge in [-0.15, -0.1) is 0 Å². The fourth-order valence-electron chi connectivity index (χ4n) is 2.15. The summed E-state index contributed by atoms with van der Waals surface area (Å²) in [7, 11) is 0. The third-order valence-electron chi connectivity index (χ3n) is 3.29. The first-order chi connectivity index (χ1) is 9.11. The number of furan rings is 1. The molecule has 0 radical (unpaired) electrons. The van der Waals surface area contributed by atoms with Gasteiger partial charge in [-0.1, -0.05) is 6.07 Å². The van der Waals surface area contributed by atoms with Gasteiger partial charge in [-0.25, -0.2) is 8.78 Å². The maximum absolute atomic E-state index is 13.8. The minimum atomic E-state index is -0.734. The summed E-state index contributed by atoms with van der Waals surface area (Å²) in [6.07, 6.45) is 2.65. The van der Waals surface area contributed by atoms with E-state index in [0.717, 1.165) is 6.07 Å².